The van der Waals surface area contributed by atoms with Crippen molar-refractivity contribution in [1.29, 1.82) is 0 Å². The number of benzene rings is 3. The van der Waals surface area contributed by atoms with E-state index in [1.165, 1.54) is 10.8 Å². The van der Waals surface area contributed by atoms with Crippen molar-refractivity contribution in [3.05, 3.63) is 70.7 Å². The first-order valence-corrected chi connectivity index (χ1v) is 7.21. The summed E-state index contributed by atoms with van der Waals surface area (Å²) in [6.45, 7) is 0.738. The minimum absolute atomic E-state index is 0.296. The lowest BCUT2D eigenvalue weighted by Gasteiger charge is -2.08. The van der Waals surface area contributed by atoms with Gasteiger partial charge in [0.15, 0.2) is 0 Å². The molecule has 0 saturated heterocycles. The first kappa shape index (κ1) is 13.0. The minimum Gasteiger partial charge on any atom is -0.508 e. The van der Waals surface area contributed by atoms with Gasteiger partial charge in [0, 0.05) is 16.7 Å². The molecule has 0 atom stereocenters. The van der Waals surface area contributed by atoms with Gasteiger partial charge in [0.25, 0.3) is 0 Å². The largest absolute Gasteiger partial charge is 0.508 e. The first-order valence-electron chi connectivity index (χ1n) is 6.42. The topological polar surface area (TPSA) is 32.3 Å². The maximum Gasteiger partial charge on any atom is 0.115 e. The molecule has 2 N–H and O–H groups in total. The fourth-order valence-corrected chi connectivity index (χ4v) is 2.52. The Morgan fingerprint density at radius 1 is 0.850 bits per heavy atom. The van der Waals surface area contributed by atoms with E-state index in [1.54, 1.807) is 12.1 Å². The number of aromatic hydroxyl groups is 1. The summed E-state index contributed by atoms with van der Waals surface area (Å²) in [6, 6.07) is 19.8. The van der Waals surface area contributed by atoms with Crippen LogP contribution in [0.15, 0.2) is 65.1 Å². The van der Waals surface area contributed by atoms with E-state index in [4.69, 9.17) is 0 Å². The summed E-state index contributed by atoms with van der Waals surface area (Å²) in [5.74, 6) is 0.296. The van der Waals surface area contributed by atoms with Crippen molar-refractivity contribution in [2.75, 3.05) is 5.32 Å². The van der Waals surface area contributed by atoms with E-state index in [0.29, 0.717) is 5.75 Å². The number of rotatable bonds is 3. The normalized spacial score (nSPS) is 10.7. The molecule has 0 radical (unpaired) electrons. The molecule has 3 aromatic rings. The van der Waals surface area contributed by atoms with Crippen LogP contribution in [0.5, 0.6) is 5.75 Å². The number of fused-ring (bicyclic) bond motifs is 1. The highest BCUT2D eigenvalue weighted by Gasteiger charge is 1.98. The fraction of sp³-hybridized carbons (Fsp3) is 0.0588. The van der Waals surface area contributed by atoms with Crippen LogP contribution in [0.25, 0.3) is 10.8 Å². The average Bonchev–Trinajstić information content (AvgIpc) is 2.46. The molecule has 0 fully saturated rings. The number of halogens is 1. The molecule has 0 aliphatic rings. The molecule has 0 aliphatic carbocycles. The molecule has 0 unspecified atom stereocenters. The van der Waals surface area contributed by atoms with E-state index < -0.39 is 0 Å². The number of nitrogens with one attached hydrogen (secondary N) is 1. The van der Waals surface area contributed by atoms with Crippen molar-refractivity contribution in [3.8, 4) is 5.75 Å². The van der Waals surface area contributed by atoms with Gasteiger partial charge < -0.3 is 10.4 Å². The molecule has 0 aromatic heterocycles. The van der Waals surface area contributed by atoms with Gasteiger partial charge in [0.1, 0.15) is 5.75 Å². The molecular formula is C17H14BrNO. The van der Waals surface area contributed by atoms with Crippen molar-refractivity contribution in [2.24, 2.45) is 0 Å². The second-order valence-corrected chi connectivity index (χ2v) is 5.64. The second kappa shape index (κ2) is 5.55. The smallest absolute Gasteiger partial charge is 0.115 e. The van der Waals surface area contributed by atoms with E-state index in [9.17, 15) is 5.11 Å². The summed E-state index contributed by atoms with van der Waals surface area (Å²) in [7, 11) is 0. The van der Waals surface area contributed by atoms with Gasteiger partial charge in [-0.05, 0) is 52.7 Å². The lowest BCUT2D eigenvalue weighted by molar-refractivity contribution is 0.475. The van der Waals surface area contributed by atoms with E-state index in [2.05, 4.69) is 51.6 Å². The fourth-order valence-electron chi connectivity index (χ4n) is 2.14. The highest BCUT2D eigenvalue weighted by Crippen LogP contribution is 2.23. The van der Waals surface area contributed by atoms with Gasteiger partial charge in [-0.1, -0.05) is 40.2 Å². The summed E-state index contributed by atoms with van der Waals surface area (Å²) >= 11 is 3.48. The van der Waals surface area contributed by atoms with E-state index in [0.717, 1.165) is 22.3 Å². The van der Waals surface area contributed by atoms with Gasteiger partial charge in [-0.15, -0.1) is 0 Å². The molecule has 0 aliphatic heterocycles. The first-order chi connectivity index (χ1) is 9.70. The predicted molar refractivity (Wildman–Crippen MR) is 87.1 cm³/mol. The summed E-state index contributed by atoms with van der Waals surface area (Å²) in [6.07, 6.45) is 0. The van der Waals surface area contributed by atoms with Crippen LogP contribution < -0.4 is 5.32 Å². The Bertz CT molecular complexity index is 738. The van der Waals surface area contributed by atoms with Crippen LogP contribution in [0, 0.1) is 0 Å². The zero-order chi connectivity index (χ0) is 13.9. The molecule has 3 rings (SSSR count). The SMILES string of the molecule is Oc1ccc(CNc2ccc3cc(Br)ccc3c2)cc1. The highest BCUT2D eigenvalue weighted by atomic mass is 79.9. The quantitative estimate of drug-likeness (QED) is 0.715. The molecule has 3 heteroatoms. The summed E-state index contributed by atoms with van der Waals surface area (Å²) < 4.78 is 1.09. The highest BCUT2D eigenvalue weighted by molar-refractivity contribution is 9.10. The van der Waals surface area contributed by atoms with Crippen molar-refractivity contribution < 1.29 is 5.11 Å². The minimum atomic E-state index is 0.296. The van der Waals surface area contributed by atoms with Gasteiger partial charge >= 0.3 is 0 Å². The Kier molecular flexibility index (Phi) is 3.61. The number of hydrogen-bond donors (Lipinski definition) is 2. The van der Waals surface area contributed by atoms with Crippen molar-refractivity contribution in [2.45, 2.75) is 6.54 Å². The van der Waals surface area contributed by atoms with Crippen LogP contribution in [0.2, 0.25) is 0 Å². The molecule has 2 nitrogen and oxygen atoms in total. The standard InChI is InChI=1S/C17H14BrNO/c18-15-5-3-14-10-16(6-4-13(14)9-15)19-11-12-1-7-17(20)8-2-12/h1-10,19-20H,11H2. The summed E-state index contributed by atoms with van der Waals surface area (Å²) in [5, 5.41) is 15.1. The maximum atomic E-state index is 9.26. The predicted octanol–water partition coefficient (Wildman–Crippen LogP) is 4.92. The second-order valence-electron chi connectivity index (χ2n) is 4.73. The van der Waals surface area contributed by atoms with Gasteiger partial charge in [-0.25, -0.2) is 0 Å². The lowest BCUT2D eigenvalue weighted by atomic mass is 10.1. The number of phenolic OH excluding ortho intramolecular Hbond substituents is 1. The van der Waals surface area contributed by atoms with Crippen molar-refractivity contribution >= 4 is 32.4 Å². The molecule has 0 bridgehead atoms. The van der Waals surface area contributed by atoms with Crippen molar-refractivity contribution in [3.63, 3.8) is 0 Å². The Labute approximate surface area is 126 Å². The van der Waals surface area contributed by atoms with Gasteiger partial charge in [-0.3, -0.25) is 0 Å². The third kappa shape index (κ3) is 2.94. The molecular weight excluding hydrogens is 314 g/mol. The molecule has 100 valence electrons. The van der Waals surface area contributed by atoms with Crippen LogP contribution in [0.3, 0.4) is 0 Å². The zero-order valence-electron chi connectivity index (χ0n) is 10.8. The molecule has 20 heavy (non-hydrogen) atoms. The van der Waals surface area contributed by atoms with E-state index in [-0.39, 0.29) is 0 Å². The Hall–Kier alpha value is -2.00. The van der Waals surface area contributed by atoms with Crippen LogP contribution in [0.4, 0.5) is 5.69 Å². The summed E-state index contributed by atoms with van der Waals surface area (Å²) in [4.78, 5) is 0. The average molecular weight is 328 g/mol. The Morgan fingerprint density at radius 3 is 2.35 bits per heavy atom. The zero-order valence-corrected chi connectivity index (χ0v) is 12.4. The molecule has 0 saturated carbocycles. The molecule has 0 heterocycles. The molecule has 0 amide bonds. The number of phenols is 1. The van der Waals surface area contributed by atoms with Crippen molar-refractivity contribution in [1.82, 2.24) is 0 Å². The van der Waals surface area contributed by atoms with Gasteiger partial charge in [-0.2, -0.15) is 0 Å². The maximum absolute atomic E-state index is 9.26. The summed E-state index contributed by atoms with van der Waals surface area (Å²) in [5.41, 5.74) is 2.23. The number of anilines is 1. The molecule has 3 aromatic carbocycles. The van der Waals surface area contributed by atoms with E-state index >= 15 is 0 Å². The van der Waals surface area contributed by atoms with Crippen LogP contribution in [-0.4, -0.2) is 5.11 Å². The monoisotopic (exact) mass is 327 g/mol. The third-order valence-electron chi connectivity index (χ3n) is 3.24. The lowest BCUT2D eigenvalue weighted by Crippen LogP contribution is -1.98. The van der Waals surface area contributed by atoms with Gasteiger partial charge in [0.05, 0.1) is 0 Å². The van der Waals surface area contributed by atoms with E-state index in [1.807, 2.05) is 18.2 Å². The third-order valence-corrected chi connectivity index (χ3v) is 3.73. The Balaban J connectivity index is 1.77. The van der Waals surface area contributed by atoms with Crippen LogP contribution >= 0.6 is 15.9 Å². The van der Waals surface area contributed by atoms with Gasteiger partial charge in [0.2, 0.25) is 0 Å². The van der Waals surface area contributed by atoms with Crippen LogP contribution in [0.1, 0.15) is 5.56 Å². The van der Waals surface area contributed by atoms with Crippen LogP contribution in [-0.2, 0) is 6.54 Å². The number of hydrogen-bond acceptors (Lipinski definition) is 2. The molecule has 0 spiro atoms. The Morgan fingerprint density at radius 2 is 1.55 bits per heavy atom.